The molecular weight excluding hydrogens is 266 g/mol. The molecule has 0 saturated carbocycles. The van der Waals surface area contributed by atoms with Crippen LogP contribution in [0.15, 0.2) is 48.5 Å². The van der Waals surface area contributed by atoms with Gasteiger partial charge in [0.2, 0.25) is 5.91 Å². The molecule has 0 saturated heterocycles. The Balaban J connectivity index is 1.77. The fourth-order valence-corrected chi connectivity index (χ4v) is 2.26. The van der Waals surface area contributed by atoms with Gasteiger partial charge >= 0.3 is 0 Å². The third kappa shape index (κ3) is 2.72. The Bertz CT molecular complexity index is 780. The number of rotatable bonds is 4. The number of carbonyl (C=O) groups excluding carboxylic acids is 1. The Morgan fingerprint density at radius 3 is 2.81 bits per heavy atom. The number of hydrogen-bond donors (Lipinski definition) is 2. The quantitative estimate of drug-likeness (QED) is 0.772. The molecule has 0 unspecified atom stereocenters. The molecule has 0 bridgehead atoms. The molecule has 3 aromatic rings. The van der Waals surface area contributed by atoms with Crippen molar-refractivity contribution in [2.75, 3.05) is 12.4 Å². The largest absolute Gasteiger partial charge is 0.496 e. The summed E-state index contributed by atoms with van der Waals surface area (Å²) in [5, 5.41) is 10.7. The Morgan fingerprint density at radius 2 is 1.95 bits per heavy atom. The summed E-state index contributed by atoms with van der Waals surface area (Å²) in [7, 11) is 1.60. The molecule has 106 valence electrons. The lowest BCUT2D eigenvalue weighted by Gasteiger charge is -2.07. The molecule has 21 heavy (non-hydrogen) atoms. The van der Waals surface area contributed by atoms with Crippen LogP contribution in [0.3, 0.4) is 0 Å². The van der Waals surface area contributed by atoms with E-state index in [4.69, 9.17) is 4.74 Å². The van der Waals surface area contributed by atoms with E-state index in [9.17, 15) is 4.79 Å². The van der Waals surface area contributed by atoms with Crippen molar-refractivity contribution in [1.29, 1.82) is 0 Å². The van der Waals surface area contributed by atoms with Crippen molar-refractivity contribution in [2.24, 2.45) is 0 Å². The number of methoxy groups -OCH3 is 1. The lowest BCUT2D eigenvalue weighted by molar-refractivity contribution is -0.115. The SMILES string of the molecule is COc1ccccc1CC(=O)Nc1n[nH]c2ccccc12. The third-order valence-electron chi connectivity index (χ3n) is 3.27. The second-order valence-electron chi connectivity index (χ2n) is 4.65. The molecule has 0 atom stereocenters. The number of nitrogens with one attached hydrogen (secondary N) is 2. The van der Waals surface area contributed by atoms with Crippen LogP contribution in [-0.4, -0.2) is 23.2 Å². The molecule has 5 nitrogen and oxygen atoms in total. The van der Waals surface area contributed by atoms with Gasteiger partial charge < -0.3 is 10.1 Å². The van der Waals surface area contributed by atoms with Crippen molar-refractivity contribution in [3.8, 4) is 5.75 Å². The van der Waals surface area contributed by atoms with E-state index in [-0.39, 0.29) is 12.3 Å². The predicted octanol–water partition coefficient (Wildman–Crippen LogP) is 2.75. The highest BCUT2D eigenvalue weighted by atomic mass is 16.5. The third-order valence-corrected chi connectivity index (χ3v) is 3.27. The van der Waals surface area contributed by atoms with E-state index in [0.717, 1.165) is 16.5 Å². The molecule has 5 heteroatoms. The van der Waals surface area contributed by atoms with E-state index in [1.165, 1.54) is 0 Å². The molecule has 2 N–H and O–H groups in total. The van der Waals surface area contributed by atoms with Gasteiger partial charge in [0.25, 0.3) is 0 Å². The van der Waals surface area contributed by atoms with Gasteiger partial charge in [0, 0.05) is 10.9 Å². The maximum atomic E-state index is 12.2. The normalized spacial score (nSPS) is 10.5. The number of anilines is 1. The number of hydrogen-bond acceptors (Lipinski definition) is 3. The second-order valence-corrected chi connectivity index (χ2v) is 4.65. The minimum Gasteiger partial charge on any atom is -0.496 e. The molecular formula is C16H15N3O2. The number of carbonyl (C=O) groups is 1. The van der Waals surface area contributed by atoms with Crippen LogP contribution in [0.5, 0.6) is 5.75 Å². The fourth-order valence-electron chi connectivity index (χ4n) is 2.26. The van der Waals surface area contributed by atoms with Gasteiger partial charge in [0.05, 0.1) is 19.0 Å². The molecule has 0 aliphatic carbocycles. The minimum atomic E-state index is -0.128. The van der Waals surface area contributed by atoms with Gasteiger partial charge in [0.15, 0.2) is 5.82 Å². The number of benzene rings is 2. The molecule has 0 spiro atoms. The number of aromatic nitrogens is 2. The summed E-state index contributed by atoms with van der Waals surface area (Å²) in [6.07, 6.45) is 0.241. The first kappa shape index (κ1) is 13.2. The number of aromatic amines is 1. The maximum absolute atomic E-state index is 12.2. The first-order valence-electron chi connectivity index (χ1n) is 6.63. The predicted molar refractivity (Wildman–Crippen MR) is 81.4 cm³/mol. The van der Waals surface area contributed by atoms with Crippen molar-refractivity contribution in [3.05, 3.63) is 54.1 Å². The van der Waals surface area contributed by atoms with E-state index in [1.807, 2.05) is 48.5 Å². The van der Waals surface area contributed by atoms with E-state index >= 15 is 0 Å². The molecule has 0 radical (unpaired) electrons. The van der Waals surface area contributed by atoms with Crippen molar-refractivity contribution >= 4 is 22.6 Å². The Morgan fingerprint density at radius 1 is 1.19 bits per heavy atom. The average molecular weight is 281 g/mol. The molecule has 2 aromatic carbocycles. The lowest BCUT2D eigenvalue weighted by atomic mass is 10.1. The highest BCUT2D eigenvalue weighted by Gasteiger charge is 2.11. The molecule has 0 aliphatic heterocycles. The van der Waals surface area contributed by atoms with Gasteiger partial charge in [-0.25, -0.2) is 0 Å². The molecule has 1 amide bonds. The van der Waals surface area contributed by atoms with Crippen molar-refractivity contribution in [1.82, 2.24) is 10.2 Å². The van der Waals surface area contributed by atoms with Crippen LogP contribution < -0.4 is 10.1 Å². The highest BCUT2D eigenvalue weighted by Crippen LogP contribution is 2.21. The van der Waals surface area contributed by atoms with Gasteiger partial charge in [-0.1, -0.05) is 30.3 Å². The van der Waals surface area contributed by atoms with Crippen LogP contribution in [0, 0.1) is 0 Å². The summed E-state index contributed by atoms with van der Waals surface area (Å²) < 4.78 is 5.25. The minimum absolute atomic E-state index is 0.128. The zero-order valence-electron chi connectivity index (χ0n) is 11.6. The van der Waals surface area contributed by atoms with Crippen molar-refractivity contribution in [3.63, 3.8) is 0 Å². The number of fused-ring (bicyclic) bond motifs is 1. The number of amides is 1. The van der Waals surface area contributed by atoms with Crippen LogP contribution in [-0.2, 0) is 11.2 Å². The van der Waals surface area contributed by atoms with E-state index in [0.29, 0.717) is 11.6 Å². The van der Waals surface area contributed by atoms with Gasteiger partial charge in [-0.2, -0.15) is 5.10 Å². The summed E-state index contributed by atoms with van der Waals surface area (Å²) in [5.41, 5.74) is 1.74. The van der Waals surface area contributed by atoms with Crippen LogP contribution in [0.2, 0.25) is 0 Å². The smallest absolute Gasteiger partial charge is 0.230 e. The lowest BCUT2D eigenvalue weighted by Crippen LogP contribution is -2.15. The summed E-state index contributed by atoms with van der Waals surface area (Å²) in [4.78, 5) is 12.2. The van der Waals surface area contributed by atoms with Crippen LogP contribution in [0.1, 0.15) is 5.56 Å². The first-order chi connectivity index (χ1) is 10.3. The monoisotopic (exact) mass is 281 g/mol. The zero-order chi connectivity index (χ0) is 14.7. The number of nitrogens with zero attached hydrogens (tertiary/aromatic N) is 1. The average Bonchev–Trinajstić information content (AvgIpc) is 2.91. The molecule has 0 aliphatic rings. The van der Waals surface area contributed by atoms with Crippen LogP contribution in [0.4, 0.5) is 5.82 Å². The highest BCUT2D eigenvalue weighted by molar-refractivity contribution is 6.00. The number of H-pyrrole nitrogens is 1. The summed E-state index contributed by atoms with van der Waals surface area (Å²) >= 11 is 0. The maximum Gasteiger partial charge on any atom is 0.230 e. The Hall–Kier alpha value is -2.82. The van der Waals surface area contributed by atoms with Gasteiger partial charge in [-0.05, 0) is 18.2 Å². The molecule has 1 heterocycles. The van der Waals surface area contributed by atoms with Gasteiger partial charge in [-0.15, -0.1) is 0 Å². The fraction of sp³-hybridized carbons (Fsp3) is 0.125. The molecule has 1 aromatic heterocycles. The van der Waals surface area contributed by atoms with E-state index in [2.05, 4.69) is 15.5 Å². The Kier molecular flexibility index (Phi) is 3.55. The standard InChI is InChI=1S/C16H15N3O2/c1-21-14-9-5-2-6-11(14)10-15(20)17-16-12-7-3-4-8-13(12)18-19-16/h2-9H,10H2,1H3,(H2,17,18,19,20). The first-order valence-corrected chi connectivity index (χ1v) is 6.63. The summed E-state index contributed by atoms with van der Waals surface area (Å²) in [6, 6.07) is 15.1. The van der Waals surface area contributed by atoms with Crippen LogP contribution >= 0.6 is 0 Å². The van der Waals surface area contributed by atoms with E-state index < -0.39 is 0 Å². The summed E-state index contributed by atoms with van der Waals surface area (Å²) in [6.45, 7) is 0. The van der Waals surface area contributed by atoms with Crippen molar-refractivity contribution < 1.29 is 9.53 Å². The number of ether oxygens (including phenoxy) is 1. The number of para-hydroxylation sites is 2. The second kappa shape index (κ2) is 5.66. The zero-order valence-corrected chi connectivity index (χ0v) is 11.6. The van der Waals surface area contributed by atoms with Crippen molar-refractivity contribution in [2.45, 2.75) is 6.42 Å². The van der Waals surface area contributed by atoms with Gasteiger partial charge in [-0.3, -0.25) is 9.89 Å². The van der Waals surface area contributed by atoms with E-state index in [1.54, 1.807) is 7.11 Å². The van der Waals surface area contributed by atoms with Crippen LogP contribution in [0.25, 0.3) is 10.9 Å². The summed E-state index contributed by atoms with van der Waals surface area (Å²) in [5.74, 6) is 1.13. The molecule has 0 fully saturated rings. The topological polar surface area (TPSA) is 67.0 Å². The van der Waals surface area contributed by atoms with Gasteiger partial charge in [0.1, 0.15) is 5.75 Å². The molecule has 3 rings (SSSR count). The Labute approximate surface area is 121 Å².